The lowest BCUT2D eigenvalue weighted by atomic mass is 10.0. The first-order chi connectivity index (χ1) is 16.5. The maximum absolute atomic E-state index is 13.9. The lowest BCUT2D eigenvalue weighted by Gasteiger charge is -2.36. The minimum Gasteiger partial charge on any atom is -0.364 e. The average molecular weight is 456 g/mol. The van der Waals surface area contributed by atoms with Gasteiger partial charge < -0.3 is 4.90 Å². The van der Waals surface area contributed by atoms with Crippen molar-refractivity contribution in [3.05, 3.63) is 107 Å². The maximum Gasteiger partial charge on any atom is 0.282 e. The highest BCUT2D eigenvalue weighted by atomic mass is 19.1. The first-order valence-corrected chi connectivity index (χ1v) is 11.5. The van der Waals surface area contributed by atoms with Gasteiger partial charge in [-0.15, -0.1) is 0 Å². The van der Waals surface area contributed by atoms with E-state index in [1.165, 1.54) is 23.8 Å². The summed E-state index contributed by atoms with van der Waals surface area (Å²) in [4.78, 5) is 32.6. The number of aryl methyl sites for hydroxylation is 1. The number of benzene rings is 3. The molecule has 0 aromatic heterocycles. The molecule has 5 nitrogen and oxygen atoms in total. The Labute approximate surface area is 198 Å². The van der Waals surface area contributed by atoms with Crippen LogP contribution in [0.3, 0.4) is 0 Å². The van der Waals surface area contributed by atoms with Gasteiger partial charge in [0.05, 0.1) is 11.3 Å². The average Bonchev–Trinajstić information content (AvgIpc) is 3.10. The Bertz CT molecular complexity index is 1250. The summed E-state index contributed by atoms with van der Waals surface area (Å²) in [6.45, 7) is 5.65. The number of piperazine rings is 1. The Hall–Kier alpha value is -3.77. The quantitative estimate of drug-likeness (QED) is 0.540. The van der Waals surface area contributed by atoms with Gasteiger partial charge in [0.25, 0.3) is 11.8 Å². The molecule has 2 aliphatic heterocycles. The Kier molecular flexibility index (Phi) is 5.99. The molecular weight excluding hydrogens is 429 g/mol. The summed E-state index contributed by atoms with van der Waals surface area (Å²) in [6.07, 6.45) is 0. The topological polar surface area (TPSA) is 43.9 Å². The van der Waals surface area contributed by atoms with E-state index >= 15 is 0 Å². The smallest absolute Gasteiger partial charge is 0.282 e. The molecule has 0 radical (unpaired) electrons. The number of rotatable bonds is 5. The van der Waals surface area contributed by atoms with Gasteiger partial charge in [-0.1, -0.05) is 66.2 Å². The van der Waals surface area contributed by atoms with Gasteiger partial charge in [0.2, 0.25) is 0 Å². The third-order valence-corrected chi connectivity index (χ3v) is 6.40. The highest BCUT2D eigenvalue weighted by molar-refractivity contribution is 6.45. The molecule has 0 bridgehead atoms. The van der Waals surface area contributed by atoms with Gasteiger partial charge >= 0.3 is 0 Å². The molecule has 2 aliphatic rings. The summed E-state index contributed by atoms with van der Waals surface area (Å²) in [7, 11) is 0. The monoisotopic (exact) mass is 455 g/mol. The SMILES string of the molecule is Cc1ccc(C2=C(N3CCN(Cc4ccccc4)CC3)C(=O)N(c3cccc(F)c3)C2=O)cc1. The van der Waals surface area contributed by atoms with Gasteiger partial charge in [-0.05, 0) is 36.2 Å². The van der Waals surface area contributed by atoms with Crippen LogP contribution >= 0.6 is 0 Å². The zero-order valence-corrected chi connectivity index (χ0v) is 19.1. The number of hydrogen-bond acceptors (Lipinski definition) is 4. The van der Waals surface area contributed by atoms with E-state index in [1.807, 2.05) is 54.3 Å². The fraction of sp³-hybridized carbons (Fsp3) is 0.214. The third kappa shape index (κ3) is 4.24. The maximum atomic E-state index is 13.9. The number of carbonyl (C=O) groups is 2. The van der Waals surface area contributed by atoms with E-state index in [2.05, 4.69) is 17.0 Å². The zero-order chi connectivity index (χ0) is 23.7. The number of carbonyl (C=O) groups excluding carboxylic acids is 2. The van der Waals surface area contributed by atoms with Crippen LogP contribution in [0.1, 0.15) is 16.7 Å². The highest BCUT2D eigenvalue weighted by Crippen LogP contribution is 2.35. The van der Waals surface area contributed by atoms with Crippen molar-refractivity contribution in [3.63, 3.8) is 0 Å². The van der Waals surface area contributed by atoms with Crippen molar-refractivity contribution >= 4 is 23.1 Å². The molecule has 0 saturated carbocycles. The van der Waals surface area contributed by atoms with Gasteiger partial charge in [-0.25, -0.2) is 9.29 Å². The van der Waals surface area contributed by atoms with Crippen LogP contribution in [0.2, 0.25) is 0 Å². The second-order valence-corrected chi connectivity index (χ2v) is 8.76. The molecule has 34 heavy (non-hydrogen) atoms. The third-order valence-electron chi connectivity index (χ3n) is 6.40. The number of anilines is 1. The Morgan fingerprint density at radius 2 is 1.50 bits per heavy atom. The Balaban J connectivity index is 1.45. The van der Waals surface area contributed by atoms with E-state index in [9.17, 15) is 14.0 Å². The van der Waals surface area contributed by atoms with Crippen LogP contribution in [-0.4, -0.2) is 47.8 Å². The van der Waals surface area contributed by atoms with Crippen LogP contribution in [0.4, 0.5) is 10.1 Å². The standard InChI is InChI=1S/C28H26FN3O2/c1-20-10-12-22(13-11-20)25-26(28(34)32(27(25)33)24-9-5-8-23(29)18-24)31-16-14-30(15-17-31)19-21-6-3-2-4-7-21/h2-13,18H,14-17,19H2,1H3. The van der Waals surface area contributed by atoms with E-state index in [4.69, 9.17) is 0 Å². The van der Waals surface area contributed by atoms with E-state index < -0.39 is 17.6 Å². The number of nitrogens with zero attached hydrogens (tertiary/aromatic N) is 3. The molecule has 3 aromatic carbocycles. The summed E-state index contributed by atoms with van der Waals surface area (Å²) in [6, 6.07) is 23.5. The number of hydrogen-bond donors (Lipinski definition) is 0. The van der Waals surface area contributed by atoms with E-state index in [0.29, 0.717) is 29.9 Å². The Morgan fingerprint density at radius 3 is 2.18 bits per heavy atom. The van der Waals surface area contributed by atoms with Gasteiger partial charge in [0.15, 0.2) is 0 Å². The summed E-state index contributed by atoms with van der Waals surface area (Å²) in [5.74, 6) is -1.30. The molecule has 0 unspecified atom stereocenters. The van der Waals surface area contributed by atoms with Gasteiger partial charge in [0.1, 0.15) is 11.5 Å². The molecule has 1 fully saturated rings. The molecule has 0 aliphatic carbocycles. The normalized spacial score (nSPS) is 17.1. The van der Waals surface area contributed by atoms with Crippen molar-refractivity contribution in [1.29, 1.82) is 0 Å². The fourth-order valence-electron chi connectivity index (χ4n) is 4.61. The van der Waals surface area contributed by atoms with Crippen molar-refractivity contribution in [2.24, 2.45) is 0 Å². The van der Waals surface area contributed by atoms with Gasteiger partial charge in [-0.2, -0.15) is 0 Å². The lowest BCUT2D eigenvalue weighted by molar-refractivity contribution is -0.120. The predicted molar refractivity (Wildman–Crippen MR) is 130 cm³/mol. The van der Waals surface area contributed by atoms with Crippen LogP contribution in [0, 0.1) is 12.7 Å². The van der Waals surface area contributed by atoms with Crippen molar-refractivity contribution in [3.8, 4) is 0 Å². The van der Waals surface area contributed by atoms with Crippen LogP contribution < -0.4 is 4.90 Å². The van der Waals surface area contributed by atoms with Crippen molar-refractivity contribution in [2.75, 3.05) is 31.1 Å². The minimum absolute atomic E-state index is 0.248. The molecule has 5 rings (SSSR count). The van der Waals surface area contributed by atoms with Crippen molar-refractivity contribution in [1.82, 2.24) is 9.80 Å². The van der Waals surface area contributed by atoms with Crippen LogP contribution in [0.5, 0.6) is 0 Å². The molecule has 0 atom stereocenters. The first-order valence-electron chi connectivity index (χ1n) is 11.5. The Morgan fingerprint density at radius 1 is 0.794 bits per heavy atom. The second kappa shape index (κ2) is 9.23. The summed E-state index contributed by atoms with van der Waals surface area (Å²) < 4.78 is 13.9. The number of amides is 2. The van der Waals surface area contributed by atoms with Crippen LogP contribution in [0.25, 0.3) is 5.57 Å². The second-order valence-electron chi connectivity index (χ2n) is 8.76. The molecule has 2 heterocycles. The highest BCUT2D eigenvalue weighted by Gasteiger charge is 2.43. The van der Waals surface area contributed by atoms with E-state index in [-0.39, 0.29) is 5.69 Å². The largest absolute Gasteiger partial charge is 0.364 e. The summed E-state index contributed by atoms with van der Waals surface area (Å²) in [5, 5.41) is 0. The fourth-order valence-corrected chi connectivity index (χ4v) is 4.61. The van der Waals surface area contributed by atoms with E-state index in [1.54, 1.807) is 6.07 Å². The number of imide groups is 1. The number of halogens is 1. The first kappa shape index (κ1) is 22.0. The van der Waals surface area contributed by atoms with Crippen LogP contribution in [0.15, 0.2) is 84.6 Å². The molecule has 2 amide bonds. The van der Waals surface area contributed by atoms with Gasteiger partial charge in [0, 0.05) is 32.7 Å². The molecular formula is C28H26FN3O2. The van der Waals surface area contributed by atoms with Crippen molar-refractivity contribution < 1.29 is 14.0 Å². The zero-order valence-electron chi connectivity index (χ0n) is 19.1. The molecule has 0 spiro atoms. The molecule has 3 aromatic rings. The molecule has 6 heteroatoms. The predicted octanol–water partition coefficient (Wildman–Crippen LogP) is 4.24. The van der Waals surface area contributed by atoms with Gasteiger partial charge in [-0.3, -0.25) is 14.5 Å². The minimum atomic E-state index is -0.488. The lowest BCUT2D eigenvalue weighted by Crippen LogP contribution is -2.47. The molecule has 1 saturated heterocycles. The summed E-state index contributed by atoms with van der Waals surface area (Å²) >= 11 is 0. The van der Waals surface area contributed by atoms with E-state index in [0.717, 1.165) is 30.1 Å². The molecule has 0 N–H and O–H groups in total. The molecule has 172 valence electrons. The van der Waals surface area contributed by atoms with Crippen LogP contribution in [-0.2, 0) is 16.1 Å². The van der Waals surface area contributed by atoms with Crippen molar-refractivity contribution in [2.45, 2.75) is 13.5 Å². The summed E-state index contributed by atoms with van der Waals surface area (Å²) in [5.41, 5.74) is 4.05.